The SMILES string of the molecule is N#Cc1ccccc1-c1ccc(S)cc1. The van der Waals surface area contributed by atoms with Gasteiger partial charge in [-0.3, -0.25) is 0 Å². The predicted octanol–water partition coefficient (Wildman–Crippen LogP) is 3.51. The Hall–Kier alpha value is -1.72. The van der Waals surface area contributed by atoms with Crippen LogP contribution in [0.25, 0.3) is 11.1 Å². The summed E-state index contributed by atoms with van der Waals surface area (Å²) in [6.45, 7) is 0. The Morgan fingerprint density at radius 1 is 0.933 bits per heavy atom. The maximum atomic E-state index is 8.97. The standard InChI is InChI=1S/C13H9NS/c14-9-11-3-1-2-4-13(11)10-5-7-12(15)8-6-10/h1-8,15H. The van der Waals surface area contributed by atoms with Gasteiger partial charge in [0.1, 0.15) is 0 Å². The van der Waals surface area contributed by atoms with E-state index in [1.165, 1.54) is 0 Å². The Morgan fingerprint density at radius 2 is 1.60 bits per heavy atom. The molecular weight excluding hydrogens is 202 g/mol. The highest BCUT2D eigenvalue weighted by Crippen LogP contribution is 2.23. The van der Waals surface area contributed by atoms with Crippen LogP contribution in [-0.4, -0.2) is 0 Å². The minimum absolute atomic E-state index is 0.699. The molecule has 2 rings (SSSR count). The summed E-state index contributed by atoms with van der Waals surface area (Å²) < 4.78 is 0. The third-order valence-electron chi connectivity index (χ3n) is 2.23. The highest BCUT2D eigenvalue weighted by Gasteiger charge is 2.02. The minimum Gasteiger partial charge on any atom is -0.192 e. The smallest absolute Gasteiger partial charge is 0.0998 e. The normalized spacial score (nSPS) is 9.60. The van der Waals surface area contributed by atoms with Gasteiger partial charge in [-0.15, -0.1) is 12.6 Å². The fourth-order valence-corrected chi connectivity index (χ4v) is 1.62. The van der Waals surface area contributed by atoms with Crippen molar-refractivity contribution in [2.24, 2.45) is 0 Å². The quantitative estimate of drug-likeness (QED) is 0.717. The lowest BCUT2D eigenvalue weighted by atomic mass is 10.0. The molecular formula is C13H9NS. The third-order valence-corrected chi connectivity index (χ3v) is 2.52. The highest BCUT2D eigenvalue weighted by atomic mass is 32.1. The summed E-state index contributed by atoms with van der Waals surface area (Å²) in [6, 6.07) is 17.6. The zero-order chi connectivity index (χ0) is 10.7. The molecule has 72 valence electrons. The van der Waals surface area contributed by atoms with E-state index in [0.29, 0.717) is 5.56 Å². The second-order valence-corrected chi connectivity index (χ2v) is 3.72. The number of hydrogen-bond acceptors (Lipinski definition) is 2. The van der Waals surface area contributed by atoms with E-state index in [1.54, 1.807) is 0 Å². The molecule has 2 heteroatoms. The van der Waals surface area contributed by atoms with Crippen molar-refractivity contribution in [2.75, 3.05) is 0 Å². The van der Waals surface area contributed by atoms with E-state index in [9.17, 15) is 0 Å². The van der Waals surface area contributed by atoms with Crippen molar-refractivity contribution in [1.82, 2.24) is 0 Å². The molecule has 0 radical (unpaired) electrons. The molecule has 0 atom stereocenters. The summed E-state index contributed by atoms with van der Waals surface area (Å²) in [5, 5.41) is 8.97. The molecule has 0 heterocycles. The fourth-order valence-electron chi connectivity index (χ4n) is 1.47. The van der Waals surface area contributed by atoms with E-state index in [-0.39, 0.29) is 0 Å². The van der Waals surface area contributed by atoms with Crippen molar-refractivity contribution >= 4 is 12.6 Å². The summed E-state index contributed by atoms with van der Waals surface area (Å²) >= 11 is 4.23. The second kappa shape index (κ2) is 4.20. The average Bonchev–Trinajstić information content (AvgIpc) is 2.30. The summed E-state index contributed by atoms with van der Waals surface area (Å²) in [6.07, 6.45) is 0. The van der Waals surface area contributed by atoms with Gasteiger partial charge in [-0.1, -0.05) is 30.3 Å². The largest absolute Gasteiger partial charge is 0.192 e. The predicted molar refractivity (Wildman–Crippen MR) is 63.8 cm³/mol. The van der Waals surface area contributed by atoms with Gasteiger partial charge >= 0.3 is 0 Å². The Labute approximate surface area is 94.4 Å². The second-order valence-electron chi connectivity index (χ2n) is 3.20. The molecule has 0 bridgehead atoms. The molecule has 0 saturated heterocycles. The molecule has 2 aromatic carbocycles. The third kappa shape index (κ3) is 2.03. The van der Waals surface area contributed by atoms with Crippen LogP contribution < -0.4 is 0 Å². The summed E-state index contributed by atoms with van der Waals surface area (Å²) in [5.74, 6) is 0. The molecule has 0 fully saturated rings. The molecule has 1 nitrogen and oxygen atoms in total. The Kier molecular flexibility index (Phi) is 2.75. The number of thiol groups is 1. The molecule has 0 aromatic heterocycles. The average molecular weight is 211 g/mol. The van der Waals surface area contributed by atoms with Crippen LogP contribution in [-0.2, 0) is 0 Å². The molecule has 0 aliphatic rings. The number of hydrogen-bond donors (Lipinski definition) is 1. The monoisotopic (exact) mass is 211 g/mol. The summed E-state index contributed by atoms with van der Waals surface area (Å²) in [7, 11) is 0. The first-order valence-corrected chi connectivity index (χ1v) is 5.04. The molecule has 0 spiro atoms. The molecule has 2 aromatic rings. The lowest BCUT2D eigenvalue weighted by molar-refractivity contribution is 1.45. The first kappa shape index (κ1) is 9.82. The minimum atomic E-state index is 0.699. The van der Waals surface area contributed by atoms with Crippen LogP contribution >= 0.6 is 12.6 Å². The summed E-state index contributed by atoms with van der Waals surface area (Å²) in [5.41, 5.74) is 2.71. The maximum absolute atomic E-state index is 8.97. The van der Waals surface area contributed by atoms with Crippen molar-refractivity contribution < 1.29 is 0 Å². The van der Waals surface area contributed by atoms with Crippen LogP contribution in [0.15, 0.2) is 53.4 Å². The Bertz CT molecular complexity index is 509. The Morgan fingerprint density at radius 3 is 2.27 bits per heavy atom. The summed E-state index contributed by atoms with van der Waals surface area (Å²) in [4.78, 5) is 0.924. The first-order valence-electron chi connectivity index (χ1n) is 4.60. The van der Waals surface area contributed by atoms with E-state index in [4.69, 9.17) is 5.26 Å². The van der Waals surface area contributed by atoms with E-state index in [1.807, 2.05) is 48.5 Å². The van der Waals surface area contributed by atoms with Gasteiger partial charge in [-0.2, -0.15) is 5.26 Å². The van der Waals surface area contributed by atoms with Gasteiger partial charge in [-0.25, -0.2) is 0 Å². The van der Waals surface area contributed by atoms with Crippen molar-refractivity contribution in [1.29, 1.82) is 5.26 Å². The van der Waals surface area contributed by atoms with Crippen LogP contribution in [0.1, 0.15) is 5.56 Å². The lowest BCUT2D eigenvalue weighted by Gasteiger charge is -2.03. The molecule has 0 N–H and O–H groups in total. The van der Waals surface area contributed by atoms with Gasteiger partial charge in [0, 0.05) is 4.90 Å². The van der Waals surface area contributed by atoms with E-state index in [0.717, 1.165) is 16.0 Å². The fraction of sp³-hybridized carbons (Fsp3) is 0. The zero-order valence-electron chi connectivity index (χ0n) is 8.01. The molecule has 0 saturated carbocycles. The number of nitrogens with zero attached hydrogens (tertiary/aromatic N) is 1. The van der Waals surface area contributed by atoms with Crippen LogP contribution in [0, 0.1) is 11.3 Å². The molecule has 0 amide bonds. The van der Waals surface area contributed by atoms with Crippen LogP contribution in [0.5, 0.6) is 0 Å². The van der Waals surface area contributed by atoms with Gasteiger partial charge in [-0.05, 0) is 29.3 Å². The number of nitriles is 1. The maximum Gasteiger partial charge on any atom is 0.0998 e. The van der Waals surface area contributed by atoms with E-state index < -0.39 is 0 Å². The molecule has 0 aliphatic carbocycles. The van der Waals surface area contributed by atoms with Crippen molar-refractivity contribution in [2.45, 2.75) is 4.90 Å². The van der Waals surface area contributed by atoms with Crippen molar-refractivity contribution in [3.63, 3.8) is 0 Å². The Balaban J connectivity index is 2.55. The number of rotatable bonds is 1. The van der Waals surface area contributed by atoms with Crippen LogP contribution in [0.2, 0.25) is 0 Å². The van der Waals surface area contributed by atoms with Crippen molar-refractivity contribution in [3.8, 4) is 17.2 Å². The van der Waals surface area contributed by atoms with E-state index >= 15 is 0 Å². The zero-order valence-corrected chi connectivity index (χ0v) is 8.91. The lowest BCUT2D eigenvalue weighted by Crippen LogP contribution is -1.82. The van der Waals surface area contributed by atoms with Gasteiger partial charge in [0.05, 0.1) is 11.6 Å². The van der Waals surface area contributed by atoms with Crippen LogP contribution in [0.4, 0.5) is 0 Å². The van der Waals surface area contributed by atoms with Crippen LogP contribution in [0.3, 0.4) is 0 Å². The molecule has 0 unspecified atom stereocenters. The van der Waals surface area contributed by atoms with Gasteiger partial charge in [0.2, 0.25) is 0 Å². The molecule has 0 aliphatic heterocycles. The topological polar surface area (TPSA) is 23.8 Å². The van der Waals surface area contributed by atoms with Gasteiger partial charge in [0.25, 0.3) is 0 Å². The molecule has 15 heavy (non-hydrogen) atoms. The van der Waals surface area contributed by atoms with Crippen molar-refractivity contribution in [3.05, 3.63) is 54.1 Å². The van der Waals surface area contributed by atoms with E-state index in [2.05, 4.69) is 18.7 Å². The number of benzene rings is 2. The van der Waals surface area contributed by atoms with Gasteiger partial charge < -0.3 is 0 Å². The highest BCUT2D eigenvalue weighted by molar-refractivity contribution is 7.80. The van der Waals surface area contributed by atoms with Gasteiger partial charge in [0.15, 0.2) is 0 Å². The first-order chi connectivity index (χ1) is 7.31.